The molecule has 3 rings (SSSR count). The number of carbonyl (C=O) groups is 1. The Bertz CT molecular complexity index is 701. The van der Waals surface area contributed by atoms with Crippen LogP contribution in [0.1, 0.15) is 35.2 Å². The topological polar surface area (TPSA) is 66.6 Å². The maximum atomic E-state index is 12.3. The van der Waals surface area contributed by atoms with Crippen molar-refractivity contribution in [2.75, 3.05) is 19.6 Å². The zero-order valence-corrected chi connectivity index (χ0v) is 16.4. The highest BCUT2D eigenvalue weighted by molar-refractivity contribution is 5.99. The van der Waals surface area contributed by atoms with Gasteiger partial charge in [-0.05, 0) is 24.8 Å². The zero-order valence-electron chi connectivity index (χ0n) is 15.6. The molecule has 1 unspecified atom stereocenters. The Kier molecular flexibility index (Phi) is 7.99. The van der Waals surface area contributed by atoms with Gasteiger partial charge in [-0.2, -0.15) is 0 Å². The fraction of sp³-hybridized carbons (Fsp3) is 0.409. The van der Waals surface area contributed by atoms with Gasteiger partial charge in [0.2, 0.25) is 0 Å². The van der Waals surface area contributed by atoms with E-state index in [0.29, 0.717) is 18.4 Å². The smallest absolute Gasteiger partial charge is 0.179 e. The van der Waals surface area contributed by atoms with Crippen molar-refractivity contribution in [2.45, 2.75) is 37.3 Å². The Morgan fingerprint density at radius 2 is 1.59 bits per heavy atom. The van der Waals surface area contributed by atoms with Crippen molar-refractivity contribution in [2.24, 2.45) is 5.73 Å². The highest BCUT2D eigenvalue weighted by Gasteiger charge is 2.32. The number of nitrogens with two attached hydrogens (primary N) is 1. The molecule has 1 aliphatic heterocycles. The van der Waals surface area contributed by atoms with Gasteiger partial charge in [0.1, 0.15) is 0 Å². The van der Waals surface area contributed by atoms with Crippen molar-refractivity contribution in [3.63, 3.8) is 0 Å². The minimum atomic E-state index is -0.625. The molecule has 5 heteroatoms. The summed E-state index contributed by atoms with van der Waals surface area (Å²) in [6, 6.07) is 18.9. The lowest BCUT2D eigenvalue weighted by Crippen LogP contribution is -2.47. The second-order valence-electron chi connectivity index (χ2n) is 7.35. The lowest BCUT2D eigenvalue weighted by Gasteiger charge is -2.38. The van der Waals surface area contributed by atoms with E-state index < -0.39 is 11.6 Å². The number of hydrogen-bond donors (Lipinski definition) is 2. The molecule has 1 aliphatic rings. The lowest BCUT2D eigenvalue weighted by molar-refractivity contribution is -0.0209. The quantitative estimate of drug-likeness (QED) is 0.715. The zero-order chi connectivity index (χ0) is 18.4. The van der Waals surface area contributed by atoms with Crippen LogP contribution in [-0.4, -0.2) is 47.1 Å². The maximum Gasteiger partial charge on any atom is 0.179 e. The molecule has 1 saturated heterocycles. The van der Waals surface area contributed by atoms with Gasteiger partial charge in [-0.25, -0.2) is 0 Å². The third-order valence-electron chi connectivity index (χ3n) is 5.31. The van der Waals surface area contributed by atoms with Crippen LogP contribution in [0.25, 0.3) is 0 Å². The molecule has 1 atom stereocenters. The van der Waals surface area contributed by atoms with Gasteiger partial charge in [0.25, 0.3) is 0 Å². The normalized spacial score (nSPS) is 17.7. The van der Waals surface area contributed by atoms with Crippen molar-refractivity contribution in [3.05, 3.63) is 71.8 Å². The van der Waals surface area contributed by atoms with Crippen molar-refractivity contribution in [1.29, 1.82) is 0 Å². The van der Waals surface area contributed by atoms with Crippen LogP contribution in [0.5, 0.6) is 0 Å². The second-order valence-corrected chi connectivity index (χ2v) is 7.35. The predicted molar refractivity (Wildman–Crippen MR) is 111 cm³/mol. The molecule has 0 aromatic heterocycles. The number of benzene rings is 2. The molecule has 27 heavy (non-hydrogen) atoms. The Labute approximate surface area is 167 Å². The molecule has 1 heterocycles. The third kappa shape index (κ3) is 6.15. The van der Waals surface area contributed by atoms with Crippen LogP contribution in [0.2, 0.25) is 0 Å². The third-order valence-corrected chi connectivity index (χ3v) is 5.31. The van der Waals surface area contributed by atoms with E-state index in [-0.39, 0.29) is 18.2 Å². The van der Waals surface area contributed by atoms with Crippen molar-refractivity contribution < 1.29 is 9.90 Å². The summed E-state index contributed by atoms with van der Waals surface area (Å²) in [5.41, 5.74) is 7.33. The minimum absolute atomic E-state index is 0. The first-order valence-corrected chi connectivity index (χ1v) is 9.39. The summed E-state index contributed by atoms with van der Waals surface area (Å²) in [4.78, 5) is 14.6. The molecule has 0 amide bonds. The van der Waals surface area contributed by atoms with Gasteiger partial charge in [-0.3, -0.25) is 4.79 Å². The molecule has 0 aliphatic carbocycles. The fourth-order valence-corrected chi connectivity index (χ4v) is 3.61. The Balaban J connectivity index is 0.00000261. The van der Waals surface area contributed by atoms with E-state index in [1.54, 1.807) is 0 Å². The highest BCUT2D eigenvalue weighted by atomic mass is 35.5. The van der Waals surface area contributed by atoms with Gasteiger partial charge < -0.3 is 15.7 Å². The number of hydrogen-bond acceptors (Lipinski definition) is 4. The molecule has 0 saturated carbocycles. The van der Waals surface area contributed by atoms with Crippen LogP contribution in [0.4, 0.5) is 0 Å². The minimum Gasteiger partial charge on any atom is -0.389 e. The number of rotatable bonds is 7. The number of likely N-dealkylation sites (tertiary alicyclic amines) is 1. The maximum absolute atomic E-state index is 12.3. The van der Waals surface area contributed by atoms with Gasteiger partial charge in [0, 0.05) is 31.6 Å². The molecule has 2 aromatic rings. The molecule has 4 nitrogen and oxygen atoms in total. The first kappa shape index (κ1) is 21.6. The summed E-state index contributed by atoms with van der Waals surface area (Å²) in [5, 5.41) is 10.9. The summed E-state index contributed by atoms with van der Waals surface area (Å²) in [7, 11) is 0. The Morgan fingerprint density at radius 1 is 1.04 bits per heavy atom. The van der Waals surface area contributed by atoms with E-state index >= 15 is 0 Å². The van der Waals surface area contributed by atoms with Crippen molar-refractivity contribution in [3.8, 4) is 0 Å². The highest BCUT2D eigenvalue weighted by Crippen LogP contribution is 2.26. The Hall–Kier alpha value is -1.72. The summed E-state index contributed by atoms with van der Waals surface area (Å²) in [5.74, 6) is 0.00296. The Morgan fingerprint density at radius 3 is 2.19 bits per heavy atom. The molecule has 0 radical (unpaired) electrons. The molecular weight excluding hydrogens is 360 g/mol. The predicted octanol–water partition coefficient (Wildman–Crippen LogP) is 3.08. The number of aliphatic hydroxyl groups is 1. The SMILES string of the molecule is Cl.NC(CCN1CCC(O)(Cc2ccccc2)CC1)C(=O)c1ccccc1. The van der Waals surface area contributed by atoms with Gasteiger partial charge in [0.05, 0.1) is 11.6 Å². The standard InChI is InChI=1S/C22H28N2O2.ClH/c23-20(21(25)19-9-5-2-6-10-19)11-14-24-15-12-22(26,13-16-24)17-18-7-3-1-4-8-18;/h1-10,20,26H,11-17,23H2;1H. The van der Waals surface area contributed by atoms with Gasteiger partial charge >= 0.3 is 0 Å². The van der Waals surface area contributed by atoms with Crippen LogP contribution in [0.3, 0.4) is 0 Å². The summed E-state index contributed by atoms with van der Waals surface area (Å²) < 4.78 is 0. The summed E-state index contributed by atoms with van der Waals surface area (Å²) in [6.45, 7) is 2.48. The first-order chi connectivity index (χ1) is 12.6. The van der Waals surface area contributed by atoms with Crippen molar-refractivity contribution in [1.82, 2.24) is 4.90 Å². The van der Waals surface area contributed by atoms with Crippen LogP contribution in [0, 0.1) is 0 Å². The van der Waals surface area contributed by atoms with Crippen LogP contribution in [-0.2, 0) is 6.42 Å². The van der Waals surface area contributed by atoms with E-state index in [1.165, 1.54) is 5.56 Å². The number of nitrogens with zero attached hydrogens (tertiary/aromatic N) is 1. The average molecular weight is 389 g/mol. The molecule has 0 bridgehead atoms. The van der Waals surface area contributed by atoms with E-state index in [4.69, 9.17) is 5.73 Å². The number of piperidine rings is 1. The van der Waals surface area contributed by atoms with Gasteiger partial charge in [0.15, 0.2) is 5.78 Å². The second kappa shape index (κ2) is 10.00. The molecule has 0 spiro atoms. The van der Waals surface area contributed by atoms with Crippen LogP contribution >= 0.6 is 12.4 Å². The van der Waals surface area contributed by atoms with Gasteiger partial charge in [-0.1, -0.05) is 60.7 Å². The van der Waals surface area contributed by atoms with E-state index in [0.717, 1.165) is 32.5 Å². The van der Waals surface area contributed by atoms with E-state index in [1.807, 2.05) is 48.5 Å². The number of ketones is 1. The van der Waals surface area contributed by atoms with Gasteiger partial charge in [-0.15, -0.1) is 12.4 Å². The summed E-state index contributed by atoms with van der Waals surface area (Å²) in [6.07, 6.45) is 2.85. The first-order valence-electron chi connectivity index (χ1n) is 9.39. The molecule has 2 aromatic carbocycles. The van der Waals surface area contributed by atoms with Crippen molar-refractivity contribution >= 4 is 18.2 Å². The number of halogens is 1. The van der Waals surface area contributed by atoms with E-state index in [2.05, 4.69) is 17.0 Å². The average Bonchev–Trinajstić information content (AvgIpc) is 2.68. The lowest BCUT2D eigenvalue weighted by atomic mass is 9.85. The van der Waals surface area contributed by atoms with E-state index in [9.17, 15) is 9.90 Å². The number of carbonyl (C=O) groups excluding carboxylic acids is 1. The molecule has 146 valence electrons. The molecule has 3 N–H and O–H groups in total. The monoisotopic (exact) mass is 388 g/mol. The number of Topliss-reactive ketones (excluding diaryl/α,β-unsaturated/α-hetero) is 1. The van der Waals surface area contributed by atoms with Crippen LogP contribution in [0.15, 0.2) is 60.7 Å². The van der Waals surface area contributed by atoms with Crippen LogP contribution < -0.4 is 5.73 Å². The largest absolute Gasteiger partial charge is 0.389 e. The fourth-order valence-electron chi connectivity index (χ4n) is 3.61. The summed E-state index contributed by atoms with van der Waals surface area (Å²) >= 11 is 0. The molecule has 1 fully saturated rings. The molecular formula is C22H29ClN2O2.